The average Bonchev–Trinajstić information content (AvgIpc) is 2.67. The topological polar surface area (TPSA) is 43.1 Å². The van der Waals surface area contributed by atoms with E-state index in [1.165, 1.54) is 17.2 Å². The van der Waals surface area contributed by atoms with Gasteiger partial charge in [0.25, 0.3) is 5.70 Å². The summed E-state index contributed by atoms with van der Waals surface area (Å²) in [6, 6.07) is 8.32. The Morgan fingerprint density at radius 3 is 1.81 bits per heavy atom. The Morgan fingerprint density at radius 1 is 1.04 bits per heavy atom. The van der Waals surface area contributed by atoms with Crippen LogP contribution < -0.4 is 0 Å². The first-order valence-corrected chi connectivity index (χ1v) is 8.87. The van der Waals surface area contributed by atoms with Crippen molar-refractivity contribution in [3.8, 4) is 0 Å². The van der Waals surface area contributed by atoms with Crippen LogP contribution in [0.3, 0.4) is 0 Å². The predicted molar refractivity (Wildman–Crippen MR) is 115 cm³/mol. The molecule has 0 N–H and O–H groups in total. The molecule has 0 radical (unpaired) electrons. The first-order valence-electron chi connectivity index (χ1n) is 8.87. The van der Waals surface area contributed by atoms with Gasteiger partial charge in [0.05, 0.1) is 4.92 Å². The normalized spacial score (nSPS) is 10.0. The summed E-state index contributed by atoms with van der Waals surface area (Å²) >= 11 is 0. The van der Waals surface area contributed by atoms with Gasteiger partial charge < -0.3 is 0 Å². The number of hydrogen-bond acceptors (Lipinski definition) is 2. The Morgan fingerprint density at radius 2 is 1.50 bits per heavy atom. The predicted octanol–water partition coefficient (Wildman–Crippen LogP) is 6.86. The van der Waals surface area contributed by atoms with E-state index < -0.39 is 4.92 Å². The van der Waals surface area contributed by atoms with Gasteiger partial charge in [-0.1, -0.05) is 89.1 Å². The van der Waals surface area contributed by atoms with E-state index in [9.17, 15) is 10.1 Å². The maximum atomic E-state index is 10.9. The molecule has 1 aromatic rings. The highest BCUT2D eigenvalue weighted by atomic mass is 16.6. The van der Waals surface area contributed by atoms with Crippen LogP contribution in [0, 0.1) is 10.1 Å². The van der Waals surface area contributed by atoms with Crippen LogP contribution in [-0.4, -0.2) is 4.92 Å². The minimum Gasteiger partial charge on any atom is -0.258 e. The monoisotopic (exact) mass is 355 g/mol. The number of nitrogens with zero attached hydrogens (tertiary/aromatic N) is 1. The average molecular weight is 356 g/mol. The Bertz CT molecular complexity index is 622. The van der Waals surface area contributed by atoms with E-state index in [4.69, 9.17) is 0 Å². The van der Waals surface area contributed by atoms with E-state index in [0.717, 1.165) is 18.4 Å². The van der Waals surface area contributed by atoms with Gasteiger partial charge in [0.1, 0.15) is 0 Å². The van der Waals surface area contributed by atoms with Crippen molar-refractivity contribution in [3.05, 3.63) is 107 Å². The molecule has 0 aliphatic rings. The molecule has 0 aliphatic carbocycles. The second-order valence-corrected chi connectivity index (χ2v) is 5.30. The minimum atomic E-state index is -0.413. The zero-order chi connectivity index (χ0) is 20.5. The van der Waals surface area contributed by atoms with Crippen LogP contribution in [0.25, 0.3) is 0 Å². The van der Waals surface area contributed by atoms with Crippen molar-refractivity contribution in [1.82, 2.24) is 0 Å². The van der Waals surface area contributed by atoms with Crippen LogP contribution in [0.4, 0.5) is 0 Å². The standard InChI is InChI=1S/C16H19NO2.C5H8.C2H6/c1-4-13-7-9-14(10-8-13)11-12-15(5-2)16(6-3)17(18)19;1-4-5(2)3;1-2/h5-10H,2-4,11-12H2,1H3;4H,1-2H2,3H3;1-2H3/b16-15-;;. The fourth-order valence-corrected chi connectivity index (χ4v) is 1.88. The summed E-state index contributed by atoms with van der Waals surface area (Å²) in [5, 5.41) is 10.9. The molecule has 142 valence electrons. The van der Waals surface area contributed by atoms with Crippen molar-refractivity contribution in [2.45, 2.75) is 47.0 Å². The highest BCUT2D eigenvalue weighted by Gasteiger charge is 2.11. The molecule has 0 saturated heterocycles. The zero-order valence-electron chi connectivity index (χ0n) is 16.8. The molecule has 0 heterocycles. The molecule has 0 fully saturated rings. The summed E-state index contributed by atoms with van der Waals surface area (Å²) < 4.78 is 0. The van der Waals surface area contributed by atoms with Crippen LogP contribution in [0.1, 0.15) is 45.2 Å². The number of aryl methyl sites for hydroxylation is 2. The van der Waals surface area contributed by atoms with Crippen molar-refractivity contribution in [3.63, 3.8) is 0 Å². The van der Waals surface area contributed by atoms with Crippen molar-refractivity contribution >= 4 is 0 Å². The summed E-state index contributed by atoms with van der Waals surface area (Å²) in [6.45, 7) is 22.2. The maximum absolute atomic E-state index is 10.9. The highest BCUT2D eigenvalue weighted by Crippen LogP contribution is 2.16. The molecule has 3 heteroatoms. The maximum Gasteiger partial charge on any atom is 0.271 e. The Hall–Kier alpha value is -2.68. The van der Waals surface area contributed by atoms with Crippen molar-refractivity contribution in [2.24, 2.45) is 0 Å². The summed E-state index contributed by atoms with van der Waals surface area (Å²) in [7, 11) is 0. The lowest BCUT2D eigenvalue weighted by Crippen LogP contribution is -2.00. The molecule has 0 saturated carbocycles. The van der Waals surface area contributed by atoms with Gasteiger partial charge in [-0.15, -0.1) is 0 Å². The van der Waals surface area contributed by atoms with Gasteiger partial charge >= 0.3 is 0 Å². The van der Waals surface area contributed by atoms with Gasteiger partial charge in [0.2, 0.25) is 0 Å². The highest BCUT2D eigenvalue weighted by molar-refractivity contribution is 5.29. The lowest BCUT2D eigenvalue weighted by Gasteiger charge is -2.04. The van der Waals surface area contributed by atoms with Crippen LogP contribution in [0.15, 0.2) is 85.7 Å². The summed E-state index contributed by atoms with van der Waals surface area (Å²) in [6.07, 6.45) is 6.91. The molecule has 0 amide bonds. The second-order valence-electron chi connectivity index (χ2n) is 5.30. The molecule has 0 aromatic heterocycles. The van der Waals surface area contributed by atoms with Crippen molar-refractivity contribution < 1.29 is 4.92 Å². The Labute approximate surface area is 159 Å². The van der Waals surface area contributed by atoms with E-state index in [-0.39, 0.29) is 5.70 Å². The summed E-state index contributed by atoms with van der Waals surface area (Å²) in [5.74, 6) is 0. The van der Waals surface area contributed by atoms with Crippen molar-refractivity contribution in [1.29, 1.82) is 0 Å². The third-order valence-electron chi connectivity index (χ3n) is 3.43. The molecule has 26 heavy (non-hydrogen) atoms. The van der Waals surface area contributed by atoms with Crippen molar-refractivity contribution in [2.75, 3.05) is 0 Å². The van der Waals surface area contributed by atoms with E-state index in [1.54, 1.807) is 12.2 Å². The quantitative estimate of drug-likeness (QED) is 0.290. The Kier molecular flexibility index (Phi) is 15.6. The lowest BCUT2D eigenvalue weighted by atomic mass is 10.0. The van der Waals surface area contributed by atoms with Gasteiger partial charge in [-0.3, -0.25) is 10.1 Å². The number of hydrogen-bond donors (Lipinski definition) is 0. The number of allylic oxidation sites excluding steroid dienone is 5. The largest absolute Gasteiger partial charge is 0.271 e. The third kappa shape index (κ3) is 11.0. The van der Waals surface area contributed by atoms with Crippen LogP contribution >= 0.6 is 0 Å². The zero-order valence-corrected chi connectivity index (χ0v) is 16.8. The molecule has 0 aliphatic heterocycles. The van der Waals surface area contributed by atoms with Gasteiger partial charge in [0.15, 0.2) is 0 Å². The second kappa shape index (κ2) is 15.8. The van der Waals surface area contributed by atoms with Crippen LogP contribution in [0.5, 0.6) is 0 Å². The first kappa shape index (κ1) is 25.6. The fraction of sp³-hybridized carbons (Fsp3) is 0.304. The molecule has 0 unspecified atom stereocenters. The van der Waals surface area contributed by atoms with Gasteiger partial charge in [0, 0.05) is 11.6 Å². The molecular formula is C23H33NO2. The van der Waals surface area contributed by atoms with Crippen LogP contribution in [-0.2, 0) is 12.8 Å². The minimum absolute atomic E-state index is 0.0418. The van der Waals surface area contributed by atoms with E-state index in [1.807, 2.05) is 20.8 Å². The summed E-state index contributed by atoms with van der Waals surface area (Å²) in [5.41, 5.74) is 4.15. The molecule has 1 aromatic carbocycles. The van der Waals surface area contributed by atoms with E-state index >= 15 is 0 Å². The number of nitro groups is 1. The number of rotatable bonds is 8. The third-order valence-corrected chi connectivity index (χ3v) is 3.43. The lowest BCUT2D eigenvalue weighted by molar-refractivity contribution is -0.420. The molecule has 0 spiro atoms. The van der Waals surface area contributed by atoms with Gasteiger partial charge in [-0.2, -0.15) is 0 Å². The van der Waals surface area contributed by atoms with E-state index in [0.29, 0.717) is 12.0 Å². The number of benzene rings is 1. The van der Waals surface area contributed by atoms with E-state index in [2.05, 4.69) is 57.5 Å². The summed E-state index contributed by atoms with van der Waals surface area (Å²) in [4.78, 5) is 10.4. The molecule has 0 bridgehead atoms. The Balaban J connectivity index is 0. The fourth-order valence-electron chi connectivity index (χ4n) is 1.88. The first-order chi connectivity index (χ1) is 12.4. The SMILES string of the molecule is C=C/C(CCc1ccc(CC)cc1)=C(\C=C)[N+](=O)[O-].C=CC(=C)C.CC. The smallest absolute Gasteiger partial charge is 0.258 e. The molecule has 1 rings (SSSR count). The molecular weight excluding hydrogens is 322 g/mol. The van der Waals surface area contributed by atoms with Gasteiger partial charge in [-0.25, -0.2) is 0 Å². The van der Waals surface area contributed by atoms with Gasteiger partial charge in [-0.05, 0) is 37.3 Å². The molecule has 0 atom stereocenters. The van der Waals surface area contributed by atoms with Crippen LogP contribution in [0.2, 0.25) is 0 Å². The molecule has 3 nitrogen and oxygen atoms in total.